The second-order valence-corrected chi connectivity index (χ2v) is 11.7. The van der Waals surface area contributed by atoms with E-state index in [0.717, 1.165) is 12.1 Å². The largest absolute Gasteiger partial charge is 0.416 e. The van der Waals surface area contributed by atoms with Crippen molar-refractivity contribution in [2.75, 3.05) is 18.0 Å². The van der Waals surface area contributed by atoms with Crippen LogP contribution in [0, 0.1) is 6.92 Å². The van der Waals surface area contributed by atoms with E-state index in [-0.39, 0.29) is 22.3 Å². The number of primary amides is 1. The Kier molecular flexibility index (Phi) is 7.75. The predicted molar refractivity (Wildman–Crippen MR) is 140 cm³/mol. The number of quaternary nitrogens is 1. The molecule has 0 radical (unpaired) electrons. The third kappa shape index (κ3) is 5.49. The number of benzene rings is 2. The molecule has 8 nitrogen and oxygen atoms in total. The van der Waals surface area contributed by atoms with Crippen molar-refractivity contribution >= 4 is 44.8 Å². The van der Waals surface area contributed by atoms with Crippen LogP contribution < -0.4 is 14.5 Å². The van der Waals surface area contributed by atoms with Crippen molar-refractivity contribution in [1.29, 1.82) is 0 Å². The van der Waals surface area contributed by atoms with E-state index in [9.17, 15) is 31.2 Å². The Labute approximate surface area is 228 Å². The molecule has 0 bridgehead atoms. The summed E-state index contributed by atoms with van der Waals surface area (Å²) in [6, 6.07) is 10.7. The van der Waals surface area contributed by atoms with Crippen LogP contribution in [0.3, 0.4) is 0 Å². The number of nitrogens with two attached hydrogens (primary N) is 1. The molecule has 3 aromatic rings. The van der Waals surface area contributed by atoms with E-state index in [2.05, 4.69) is 4.98 Å². The van der Waals surface area contributed by atoms with Gasteiger partial charge in [-0.25, -0.2) is 0 Å². The summed E-state index contributed by atoms with van der Waals surface area (Å²) < 4.78 is 67.0. The number of aromatic nitrogens is 1. The van der Waals surface area contributed by atoms with Crippen LogP contribution in [-0.2, 0) is 32.3 Å². The monoisotopic (exact) mass is 581 g/mol. The van der Waals surface area contributed by atoms with Crippen LogP contribution in [0.2, 0.25) is 5.02 Å². The smallest absolute Gasteiger partial charge is 0.365 e. The lowest BCUT2D eigenvalue weighted by atomic mass is 10.1. The van der Waals surface area contributed by atoms with Crippen molar-refractivity contribution in [3.63, 3.8) is 0 Å². The summed E-state index contributed by atoms with van der Waals surface area (Å²) in [6.45, 7) is 0.954. The molecule has 2 aromatic carbocycles. The number of amides is 2. The average Bonchev–Trinajstić information content (AvgIpc) is 3.30. The highest BCUT2D eigenvalue weighted by Gasteiger charge is 2.49. The van der Waals surface area contributed by atoms with Gasteiger partial charge in [-0.05, 0) is 55.8 Å². The first-order valence-electron chi connectivity index (χ1n) is 11.8. The predicted octanol–water partition coefficient (Wildman–Crippen LogP) is 4.57. The van der Waals surface area contributed by atoms with Gasteiger partial charge in [0.2, 0.25) is 5.91 Å². The molecule has 1 saturated heterocycles. The molecular weight excluding hydrogens is 557 g/mol. The van der Waals surface area contributed by atoms with Gasteiger partial charge in [-0.1, -0.05) is 17.7 Å². The zero-order chi connectivity index (χ0) is 28.6. The second-order valence-electron chi connectivity index (χ2n) is 9.21. The Morgan fingerprint density at radius 1 is 1.13 bits per heavy atom. The SMILES string of the molecule is Cc1c(Cl)cccc1[N+](CC(N)=O)(Cc1ccc(N2CCCC2=O)cn1)S(=O)(=O)c1ccc(C(F)(F)F)cc1. The minimum atomic E-state index is -4.67. The van der Waals surface area contributed by atoms with Gasteiger partial charge in [0.1, 0.15) is 11.4 Å². The van der Waals surface area contributed by atoms with Crippen LogP contribution in [0.1, 0.15) is 29.7 Å². The summed E-state index contributed by atoms with van der Waals surface area (Å²) in [5.41, 5.74) is 5.78. The highest BCUT2D eigenvalue weighted by molar-refractivity contribution is 7.91. The van der Waals surface area contributed by atoms with E-state index in [1.54, 1.807) is 24.0 Å². The van der Waals surface area contributed by atoms with Crippen LogP contribution in [0.4, 0.5) is 24.5 Å². The summed E-state index contributed by atoms with van der Waals surface area (Å²) in [4.78, 5) is 30.0. The van der Waals surface area contributed by atoms with Gasteiger partial charge in [-0.2, -0.15) is 25.5 Å². The molecule has 1 atom stereocenters. The second kappa shape index (κ2) is 10.6. The standard InChI is InChI=1S/C26H24ClF3N4O4S/c1-17-22(27)4-2-5-23(17)34(16-24(31)35,39(37,38)21-11-7-18(8-12-21)26(28,29)30)15-19-9-10-20(14-32-19)33-13-3-6-25(33)36/h2,4-5,7-12,14H,3,6,13,15-16H2,1H3,(H-,31,35)/p+1. The van der Waals surface area contributed by atoms with Gasteiger partial charge in [-0.15, -0.1) is 0 Å². The van der Waals surface area contributed by atoms with Crippen LogP contribution in [-0.4, -0.2) is 38.3 Å². The number of carbonyl (C=O) groups excluding carboxylic acids is 2. The van der Waals surface area contributed by atoms with Gasteiger partial charge in [0.15, 0.2) is 12.2 Å². The molecule has 206 valence electrons. The highest BCUT2D eigenvalue weighted by atomic mass is 35.5. The molecule has 2 heterocycles. The molecule has 0 saturated carbocycles. The maximum Gasteiger partial charge on any atom is 0.416 e. The fourth-order valence-corrected chi connectivity index (χ4v) is 6.79. The van der Waals surface area contributed by atoms with E-state index < -0.39 is 49.5 Å². The topological polar surface area (TPSA) is 110 Å². The van der Waals surface area contributed by atoms with Crippen LogP contribution in [0.15, 0.2) is 65.7 Å². The highest BCUT2D eigenvalue weighted by Crippen LogP contribution is 2.40. The quantitative estimate of drug-likeness (QED) is 0.392. The maximum absolute atomic E-state index is 14.3. The third-order valence-electron chi connectivity index (χ3n) is 6.64. The van der Waals surface area contributed by atoms with Crippen molar-refractivity contribution < 1.29 is 31.2 Å². The molecular formula is C26H25ClF3N4O4S+. The molecule has 1 aliphatic rings. The fourth-order valence-electron chi connectivity index (χ4n) is 4.69. The number of halogens is 4. The number of nitrogens with zero attached hydrogens (tertiary/aromatic N) is 3. The molecule has 2 amide bonds. The van der Waals surface area contributed by atoms with Gasteiger partial charge in [0.05, 0.1) is 23.1 Å². The summed E-state index contributed by atoms with van der Waals surface area (Å²) in [5.74, 6) is -1.02. The maximum atomic E-state index is 14.3. The minimum absolute atomic E-state index is 0.0529. The van der Waals surface area contributed by atoms with Crippen molar-refractivity contribution in [1.82, 2.24) is 8.87 Å². The summed E-state index contributed by atoms with van der Waals surface area (Å²) in [7, 11) is -4.64. The molecule has 39 heavy (non-hydrogen) atoms. The van der Waals surface area contributed by atoms with Crippen LogP contribution >= 0.6 is 11.6 Å². The first kappa shape index (κ1) is 28.5. The van der Waals surface area contributed by atoms with Gasteiger partial charge < -0.3 is 10.6 Å². The molecule has 1 aliphatic heterocycles. The van der Waals surface area contributed by atoms with E-state index in [1.807, 2.05) is 0 Å². The van der Waals surface area contributed by atoms with Crippen molar-refractivity contribution in [2.45, 2.75) is 37.4 Å². The Morgan fingerprint density at radius 3 is 2.36 bits per heavy atom. The Hall–Kier alpha value is -3.48. The number of alkyl halides is 3. The molecule has 1 unspecified atom stereocenters. The van der Waals surface area contributed by atoms with E-state index in [0.29, 0.717) is 42.8 Å². The Balaban J connectivity index is 1.89. The zero-order valence-electron chi connectivity index (χ0n) is 20.8. The van der Waals surface area contributed by atoms with Crippen LogP contribution in [0.5, 0.6) is 0 Å². The minimum Gasteiger partial charge on any atom is -0.365 e. The first-order valence-corrected chi connectivity index (χ1v) is 13.7. The molecule has 1 aromatic heterocycles. The van der Waals surface area contributed by atoms with E-state index in [4.69, 9.17) is 17.3 Å². The molecule has 2 N–H and O–H groups in total. The fraction of sp³-hybridized carbons (Fsp3) is 0.269. The Bertz CT molecular complexity index is 1510. The van der Waals surface area contributed by atoms with Crippen LogP contribution in [0.25, 0.3) is 0 Å². The lowest BCUT2D eigenvalue weighted by Gasteiger charge is -2.36. The molecule has 1 fully saturated rings. The van der Waals surface area contributed by atoms with E-state index >= 15 is 0 Å². The lowest BCUT2D eigenvalue weighted by Crippen LogP contribution is -2.57. The summed E-state index contributed by atoms with van der Waals surface area (Å²) in [6.07, 6.45) is -2.11. The summed E-state index contributed by atoms with van der Waals surface area (Å²) in [5, 5.41) is 0.220. The molecule has 0 aliphatic carbocycles. The van der Waals surface area contributed by atoms with Crippen molar-refractivity contribution in [3.05, 3.63) is 82.6 Å². The number of carbonyl (C=O) groups is 2. The molecule has 13 heteroatoms. The Morgan fingerprint density at radius 2 is 1.82 bits per heavy atom. The molecule has 0 spiro atoms. The number of sulfonamides is 1. The van der Waals surface area contributed by atoms with Gasteiger partial charge in [0, 0.05) is 29.6 Å². The normalized spacial score (nSPS) is 15.8. The van der Waals surface area contributed by atoms with Gasteiger partial charge >= 0.3 is 16.2 Å². The number of pyridine rings is 1. The van der Waals surface area contributed by atoms with Gasteiger partial charge in [0.25, 0.3) is 5.91 Å². The third-order valence-corrected chi connectivity index (χ3v) is 9.29. The number of rotatable bonds is 8. The van der Waals surface area contributed by atoms with Crippen molar-refractivity contribution in [3.8, 4) is 0 Å². The van der Waals surface area contributed by atoms with Crippen molar-refractivity contribution in [2.24, 2.45) is 5.73 Å². The van der Waals surface area contributed by atoms with E-state index in [1.165, 1.54) is 24.4 Å². The lowest BCUT2D eigenvalue weighted by molar-refractivity contribution is -0.137. The zero-order valence-corrected chi connectivity index (χ0v) is 22.4. The van der Waals surface area contributed by atoms with Gasteiger partial charge in [-0.3, -0.25) is 14.6 Å². The molecule has 4 rings (SSSR count). The number of anilines is 1. The summed E-state index contributed by atoms with van der Waals surface area (Å²) >= 11 is 6.33. The number of hydrogen-bond donors (Lipinski definition) is 1. The average molecular weight is 582 g/mol. The first-order chi connectivity index (χ1) is 18.3. The number of hydrogen-bond acceptors (Lipinski definition) is 5.